The highest BCUT2D eigenvalue weighted by Gasteiger charge is 2.29. The highest BCUT2D eigenvalue weighted by Crippen LogP contribution is 2.31. The summed E-state index contributed by atoms with van der Waals surface area (Å²) in [5, 5.41) is 3.48. The summed E-state index contributed by atoms with van der Waals surface area (Å²) in [7, 11) is -2.91. The van der Waals surface area contributed by atoms with Gasteiger partial charge in [-0.25, -0.2) is 8.42 Å². The van der Waals surface area contributed by atoms with Gasteiger partial charge in [-0.15, -0.1) is 0 Å². The number of sulfone groups is 1. The second kappa shape index (κ2) is 5.99. The maximum Gasteiger partial charge on any atom is 0.150 e. The molecule has 0 amide bonds. The van der Waals surface area contributed by atoms with E-state index in [0.717, 1.165) is 32.1 Å². The number of rotatable bonds is 3. The van der Waals surface area contributed by atoms with Gasteiger partial charge in [-0.05, 0) is 62.1 Å². The number of anilines is 1. The third kappa shape index (κ3) is 3.42. The SMILES string of the molecule is CS(=O)(=O)C1CCCC(Nc2cccc3c2CCCC3)C1. The van der Waals surface area contributed by atoms with Gasteiger partial charge in [-0.1, -0.05) is 18.6 Å². The molecule has 0 saturated heterocycles. The Kier molecular flexibility index (Phi) is 4.25. The molecule has 0 bridgehead atoms. The van der Waals surface area contributed by atoms with Crippen LogP contribution in [0.15, 0.2) is 18.2 Å². The van der Waals surface area contributed by atoms with E-state index in [0.29, 0.717) is 6.04 Å². The van der Waals surface area contributed by atoms with Crippen LogP contribution in [0.3, 0.4) is 0 Å². The minimum atomic E-state index is -2.91. The van der Waals surface area contributed by atoms with Crippen LogP contribution in [0.4, 0.5) is 5.69 Å². The van der Waals surface area contributed by atoms with E-state index in [4.69, 9.17) is 0 Å². The molecule has 1 aromatic carbocycles. The molecular weight excluding hydrogens is 282 g/mol. The summed E-state index contributed by atoms with van der Waals surface area (Å²) in [4.78, 5) is 0. The fourth-order valence-corrected chi connectivity index (χ4v) is 4.98. The first-order valence-electron chi connectivity index (χ1n) is 8.10. The van der Waals surface area contributed by atoms with Crippen molar-refractivity contribution >= 4 is 15.5 Å². The number of benzene rings is 1. The first-order chi connectivity index (χ1) is 10.0. The molecule has 2 aliphatic carbocycles. The monoisotopic (exact) mass is 307 g/mol. The van der Waals surface area contributed by atoms with E-state index in [-0.39, 0.29) is 5.25 Å². The number of hydrogen-bond donors (Lipinski definition) is 1. The second-order valence-corrected chi connectivity index (χ2v) is 8.94. The molecule has 1 aromatic rings. The van der Waals surface area contributed by atoms with Crippen LogP contribution >= 0.6 is 0 Å². The van der Waals surface area contributed by atoms with Gasteiger partial charge >= 0.3 is 0 Å². The summed E-state index contributed by atoms with van der Waals surface area (Å²) in [6, 6.07) is 6.82. The third-order valence-corrected chi connectivity index (χ3v) is 6.63. The van der Waals surface area contributed by atoms with Crippen LogP contribution in [-0.2, 0) is 22.7 Å². The van der Waals surface area contributed by atoms with Crippen LogP contribution in [0.25, 0.3) is 0 Å². The van der Waals surface area contributed by atoms with Crippen molar-refractivity contribution < 1.29 is 8.42 Å². The molecule has 1 N–H and O–H groups in total. The van der Waals surface area contributed by atoms with Gasteiger partial charge in [-0.2, -0.15) is 0 Å². The van der Waals surface area contributed by atoms with E-state index in [1.165, 1.54) is 42.3 Å². The Morgan fingerprint density at radius 1 is 1.10 bits per heavy atom. The van der Waals surface area contributed by atoms with Crippen molar-refractivity contribution in [1.29, 1.82) is 0 Å². The van der Waals surface area contributed by atoms with Gasteiger partial charge in [0.15, 0.2) is 0 Å². The Morgan fingerprint density at radius 3 is 2.71 bits per heavy atom. The van der Waals surface area contributed by atoms with Gasteiger partial charge in [0.1, 0.15) is 9.84 Å². The molecule has 0 heterocycles. The molecule has 1 saturated carbocycles. The lowest BCUT2D eigenvalue weighted by Gasteiger charge is -2.31. The average molecular weight is 307 g/mol. The first-order valence-corrected chi connectivity index (χ1v) is 10.1. The van der Waals surface area contributed by atoms with E-state index in [1.54, 1.807) is 0 Å². The summed E-state index contributed by atoms with van der Waals surface area (Å²) < 4.78 is 23.6. The van der Waals surface area contributed by atoms with Crippen LogP contribution < -0.4 is 5.32 Å². The molecule has 0 aliphatic heterocycles. The Bertz CT molecular complexity index is 609. The Morgan fingerprint density at radius 2 is 1.90 bits per heavy atom. The second-order valence-electron chi connectivity index (χ2n) is 6.61. The molecule has 2 aliphatic rings. The van der Waals surface area contributed by atoms with E-state index < -0.39 is 9.84 Å². The molecule has 2 atom stereocenters. The maximum absolute atomic E-state index is 11.8. The largest absolute Gasteiger partial charge is 0.382 e. The smallest absolute Gasteiger partial charge is 0.150 e. The predicted octanol–water partition coefficient (Wildman–Crippen LogP) is 3.33. The summed E-state index contributed by atoms with van der Waals surface area (Å²) >= 11 is 0. The number of hydrogen-bond acceptors (Lipinski definition) is 3. The maximum atomic E-state index is 11.8. The Labute approximate surface area is 128 Å². The highest BCUT2D eigenvalue weighted by molar-refractivity contribution is 7.91. The lowest BCUT2D eigenvalue weighted by molar-refractivity contribution is 0.452. The zero-order valence-electron chi connectivity index (χ0n) is 12.8. The van der Waals surface area contributed by atoms with Gasteiger partial charge < -0.3 is 5.32 Å². The molecular formula is C17H25NO2S. The summed E-state index contributed by atoms with van der Waals surface area (Å²) in [5.74, 6) is 0. The van der Waals surface area contributed by atoms with Gasteiger partial charge in [-0.3, -0.25) is 0 Å². The third-order valence-electron chi connectivity index (χ3n) is 4.99. The van der Waals surface area contributed by atoms with E-state index in [1.807, 2.05) is 0 Å². The van der Waals surface area contributed by atoms with Crippen LogP contribution in [-0.4, -0.2) is 26.0 Å². The van der Waals surface area contributed by atoms with Gasteiger partial charge in [0.25, 0.3) is 0 Å². The lowest BCUT2D eigenvalue weighted by Crippen LogP contribution is -2.34. The summed E-state index contributed by atoms with van der Waals surface area (Å²) in [6.07, 6.45) is 9.93. The highest BCUT2D eigenvalue weighted by atomic mass is 32.2. The van der Waals surface area contributed by atoms with E-state index in [9.17, 15) is 8.42 Å². The van der Waals surface area contributed by atoms with Crippen LogP contribution in [0.2, 0.25) is 0 Å². The molecule has 116 valence electrons. The van der Waals surface area contributed by atoms with Crippen molar-refractivity contribution in [3.63, 3.8) is 0 Å². The normalized spacial score (nSPS) is 26.1. The molecule has 4 heteroatoms. The topological polar surface area (TPSA) is 46.2 Å². The molecule has 3 nitrogen and oxygen atoms in total. The fraction of sp³-hybridized carbons (Fsp3) is 0.647. The average Bonchev–Trinajstić information content (AvgIpc) is 2.47. The molecule has 3 rings (SSSR count). The first kappa shape index (κ1) is 14.9. The summed E-state index contributed by atoms with van der Waals surface area (Å²) in [6.45, 7) is 0. The zero-order chi connectivity index (χ0) is 14.9. The fourth-order valence-electron chi connectivity index (χ4n) is 3.80. The molecule has 2 unspecified atom stereocenters. The van der Waals surface area contributed by atoms with Crippen LogP contribution in [0, 0.1) is 0 Å². The minimum absolute atomic E-state index is 0.164. The number of aryl methyl sites for hydroxylation is 1. The minimum Gasteiger partial charge on any atom is -0.382 e. The predicted molar refractivity (Wildman–Crippen MR) is 87.6 cm³/mol. The van der Waals surface area contributed by atoms with Crippen molar-refractivity contribution in [1.82, 2.24) is 0 Å². The standard InChI is InChI=1S/C17H25NO2S/c1-21(19,20)15-9-5-8-14(12-15)18-17-11-4-7-13-6-2-3-10-16(13)17/h4,7,11,14-15,18H,2-3,5-6,8-10,12H2,1H3. The quantitative estimate of drug-likeness (QED) is 0.931. The molecule has 0 aromatic heterocycles. The Hall–Kier alpha value is -1.03. The summed E-state index contributed by atoms with van der Waals surface area (Å²) in [5.41, 5.74) is 4.18. The lowest BCUT2D eigenvalue weighted by atomic mass is 9.89. The zero-order valence-corrected chi connectivity index (χ0v) is 13.6. The van der Waals surface area contributed by atoms with Crippen molar-refractivity contribution in [2.45, 2.75) is 62.7 Å². The molecule has 1 fully saturated rings. The van der Waals surface area contributed by atoms with Gasteiger partial charge in [0.05, 0.1) is 5.25 Å². The van der Waals surface area contributed by atoms with Crippen molar-refractivity contribution in [3.05, 3.63) is 29.3 Å². The van der Waals surface area contributed by atoms with E-state index in [2.05, 4.69) is 23.5 Å². The van der Waals surface area contributed by atoms with Crippen LogP contribution in [0.1, 0.15) is 49.7 Å². The Balaban J connectivity index is 1.75. The number of nitrogens with one attached hydrogen (secondary N) is 1. The molecule has 0 radical (unpaired) electrons. The van der Waals surface area contributed by atoms with Crippen molar-refractivity contribution in [2.75, 3.05) is 11.6 Å². The molecule has 0 spiro atoms. The van der Waals surface area contributed by atoms with Gasteiger partial charge in [0, 0.05) is 18.0 Å². The molecule has 21 heavy (non-hydrogen) atoms. The van der Waals surface area contributed by atoms with Crippen LogP contribution in [0.5, 0.6) is 0 Å². The van der Waals surface area contributed by atoms with Gasteiger partial charge in [0.2, 0.25) is 0 Å². The number of fused-ring (bicyclic) bond motifs is 1. The van der Waals surface area contributed by atoms with E-state index >= 15 is 0 Å². The van der Waals surface area contributed by atoms with Crippen molar-refractivity contribution in [3.8, 4) is 0 Å². The van der Waals surface area contributed by atoms with Crippen molar-refractivity contribution in [2.24, 2.45) is 0 Å².